The molecule has 1 N–H and O–H groups in total. The fourth-order valence-electron chi connectivity index (χ4n) is 2.65. The van der Waals surface area contributed by atoms with Crippen molar-refractivity contribution in [3.8, 4) is 0 Å². The molecule has 0 aliphatic carbocycles. The molecule has 0 saturated carbocycles. The number of carbonyl (C=O) groups excluding carboxylic acids is 2. The van der Waals surface area contributed by atoms with Gasteiger partial charge in [0.2, 0.25) is 5.91 Å². The molecule has 3 rings (SSSR count). The lowest BCUT2D eigenvalue weighted by molar-refractivity contribution is -0.121. The molecule has 7 heteroatoms. The third-order valence-electron chi connectivity index (χ3n) is 4.14. The van der Waals surface area contributed by atoms with E-state index in [1.54, 1.807) is 12.1 Å². The van der Waals surface area contributed by atoms with Crippen molar-refractivity contribution in [2.45, 2.75) is 13.5 Å². The Morgan fingerprint density at radius 1 is 1.15 bits per heavy atom. The highest BCUT2D eigenvalue weighted by molar-refractivity contribution is 7.21. The Morgan fingerprint density at radius 2 is 1.85 bits per heavy atom. The van der Waals surface area contributed by atoms with Crippen LogP contribution in [0.25, 0.3) is 10.1 Å². The van der Waals surface area contributed by atoms with Gasteiger partial charge in [0.25, 0.3) is 5.91 Å². The van der Waals surface area contributed by atoms with Crippen LogP contribution in [0.15, 0.2) is 48.5 Å². The van der Waals surface area contributed by atoms with Gasteiger partial charge in [-0.3, -0.25) is 9.59 Å². The lowest BCUT2D eigenvalue weighted by atomic mass is 10.2. The van der Waals surface area contributed by atoms with Crippen molar-refractivity contribution in [2.75, 3.05) is 13.1 Å². The van der Waals surface area contributed by atoms with E-state index in [-0.39, 0.29) is 30.7 Å². The Kier molecular flexibility index (Phi) is 6.08. The van der Waals surface area contributed by atoms with Gasteiger partial charge in [0.1, 0.15) is 10.7 Å². The first-order valence-corrected chi connectivity index (χ1v) is 9.66. The molecule has 140 valence electrons. The molecule has 1 aromatic heterocycles. The zero-order valence-electron chi connectivity index (χ0n) is 14.7. The van der Waals surface area contributed by atoms with Crippen LogP contribution < -0.4 is 5.32 Å². The van der Waals surface area contributed by atoms with E-state index in [4.69, 9.17) is 11.6 Å². The molecule has 27 heavy (non-hydrogen) atoms. The van der Waals surface area contributed by atoms with E-state index >= 15 is 0 Å². The monoisotopic (exact) mass is 404 g/mol. The number of hydrogen-bond donors (Lipinski definition) is 1. The minimum Gasteiger partial charge on any atom is -0.350 e. The van der Waals surface area contributed by atoms with Gasteiger partial charge in [0.05, 0.1) is 11.6 Å². The molecule has 0 unspecified atom stereocenters. The number of benzene rings is 2. The molecule has 1 heterocycles. The number of nitrogens with zero attached hydrogens (tertiary/aromatic N) is 1. The number of carbonyl (C=O) groups is 2. The summed E-state index contributed by atoms with van der Waals surface area (Å²) in [5.74, 6) is -0.875. The smallest absolute Gasteiger partial charge is 0.265 e. The van der Waals surface area contributed by atoms with Crippen molar-refractivity contribution in [3.05, 3.63) is 69.8 Å². The molecule has 0 aliphatic heterocycles. The first-order chi connectivity index (χ1) is 13.0. The summed E-state index contributed by atoms with van der Waals surface area (Å²) in [7, 11) is 0. The molecule has 0 bridgehead atoms. The van der Waals surface area contributed by atoms with Gasteiger partial charge in [-0.15, -0.1) is 11.3 Å². The summed E-state index contributed by atoms with van der Waals surface area (Å²) in [5.41, 5.74) is 0.784. The summed E-state index contributed by atoms with van der Waals surface area (Å²) in [6.45, 7) is 2.40. The number of thiophene rings is 1. The number of amides is 2. The lowest BCUT2D eigenvalue weighted by Crippen LogP contribution is -2.40. The molecular weight excluding hydrogens is 387 g/mol. The minimum absolute atomic E-state index is 0.0684. The molecule has 0 spiro atoms. The predicted molar refractivity (Wildman–Crippen MR) is 107 cm³/mol. The Labute approximate surface area is 165 Å². The van der Waals surface area contributed by atoms with Crippen LogP contribution in [-0.2, 0) is 11.3 Å². The van der Waals surface area contributed by atoms with Gasteiger partial charge in [-0.25, -0.2) is 4.39 Å². The highest BCUT2D eigenvalue weighted by Gasteiger charge is 2.23. The van der Waals surface area contributed by atoms with E-state index in [2.05, 4.69) is 5.32 Å². The van der Waals surface area contributed by atoms with Crippen molar-refractivity contribution in [1.29, 1.82) is 0 Å². The molecule has 0 saturated heterocycles. The van der Waals surface area contributed by atoms with E-state index in [1.807, 2.05) is 31.2 Å². The lowest BCUT2D eigenvalue weighted by Gasteiger charge is -2.20. The van der Waals surface area contributed by atoms with Gasteiger partial charge < -0.3 is 10.2 Å². The van der Waals surface area contributed by atoms with Crippen LogP contribution in [0.4, 0.5) is 4.39 Å². The van der Waals surface area contributed by atoms with E-state index < -0.39 is 0 Å². The van der Waals surface area contributed by atoms with Crippen molar-refractivity contribution in [1.82, 2.24) is 10.2 Å². The third kappa shape index (κ3) is 4.46. The van der Waals surface area contributed by atoms with Gasteiger partial charge in [-0.1, -0.05) is 41.9 Å². The van der Waals surface area contributed by atoms with E-state index in [0.717, 1.165) is 15.6 Å². The van der Waals surface area contributed by atoms with Gasteiger partial charge in [0, 0.05) is 23.2 Å². The fourth-order valence-corrected chi connectivity index (χ4v) is 4.13. The summed E-state index contributed by atoms with van der Waals surface area (Å²) < 4.78 is 13.9. The number of fused-ring (bicyclic) bond motifs is 1. The summed E-state index contributed by atoms with van der Waals surface area (Å²) >= 11 is 7.70. The molecule has 0 fully saturated rings. The number of halogens is 2. The maximum atomic E-state index is 12.9. The second-order valence-corrected chi connectivity index (χ2v) is 7.39. The quantitative estimate of drug-likeness (QED) is 0.658. The van der Waals surface area contributed by atoms with Gasteiger partial charge >= 0.3 is 0 Å². The van der Waals surface area contributed by atoms with Gasteiger partial charge in [-0.2, -0.15) is 0 Å². The molecule has 0 aliphatic rings. The second-order valence-electron chi connectivity index (χ2n) is 5.96. The molecule has 2 amide bonds. The van der Waals surface area contributed by atoms with Crippen LogP contribution in [0.1, 0.15) is 22.2 Å². The maximum Gasteiger partial charge on any atom is 0.265 e. The van der Waals surface area contributed by atoms with E-state index in [1.165, 1.54) is 28.4 Å². The van der Waals surface area contributed by atoms with Crippen LogP contribution in [0.5, 0.6) is 0 Å². The SMILES string of the molecule is CCN(CC(=O)NCc1ccc(F)cc1)C(=O)c1sc2ccccc2c1Cl. The Morgan fingerprint density at radius 3 is 2.52 bits per heavy atom. The van der Waals surface area contributed by atoms with Crippen molar-refractivity contribution < 1.29 is 14.0 Å². The van der Waals surface area contributed by atoms with Crippen LogP contribution >= 0.6 is 22.9 Å². The maximum absolute atomic E-state index is 12.9. The summed E-state index contributed by atoms with van der Waals surface area (Å²) in [4.78, 5) is 27.0. The molecule has 3 aromatic rings. The standard InChI is InChI=1S/C20H18ClFN2O2S/c1-2-24(12-17(25)23-11-13-7-9-14(22)10-8-13)20(26)19-18(21)15-5-3-4-6-16(15)27-19/h3-10H,2,11-12H2,1H3,(H,23,25). The summed E-state index contributed by atoms with van der Waals surface area (Å²) in [6.07, 6.45) is 0. The first kappa shape index (κ1) is 19.3. The molecule has 0 atom stereocenters. The zero-order chi connectivity index (χ0) is 19.4. The average Bonchev–Trinajstić information content (AvgIpc) is 3.02. The largest absolute Gasteiger partial charge is 0.350 e. The second kappa shape index (κ2) is 8.50. The molecule has 4 nitrogen and oxygen atoms in total. The van der Waals surface area contributed by atoms with Gasteiger partial charge in [-0.05, 0) is 30.7 Å². The van der Waals surface area contributed by atoms with Crippen LogP contribution in [0.2, 0.25) is 5.02 Å². The van der Waals surface area contributed by atoms with E-state index in [0.29, 0.717) is 16.4 Å². The van der Waals surface area contributed by atoms with Crippen molar-refractivity contribution >= 4 is 44.8 Å². The van der Waals surface area contributed by atoms with E-state index in [9.17, 15) is 14.0 Å². The van der Waals surface area contributed by atoms with Crippen molar-refractivity contribution in [3.63, 3.8) is 0 Å². The summed E-state index contributed by atoms with van der Waals surface area (Å²) in [5, 5.41) is 4.01. The van der Waals surface area contributed by atoms with Gasteiger partial charge in [0.15, 0.2) is 0 Å². The number of hydrogen-bond acceptors (Lipinski definition) is 3. The zero-order valence-corrected chi connectivity index (χ0v) is 16.2. The number of rotatable bonds is 6. The van der Waals surface area contributed by atoms with Crippen LogP contribution in [0, 0.1) is 5.82 Å². The predicted octanol–water partition coefficient (Wildman–Crippen LogP) is 4.47. The minimum atomic E-state index is -0.326. The third-order valence-corrected chi connectivity index (χ3v) is 5.80. The van der Waals surface area contributed by atoms with Crippen molar-refractivity contribution in [2.24, 2.45) is 0 Å². The fraction of sp³-hybridized carbons (Fsp3) is 0.200. The highest BCUT2D eigenvalue weighted by atomic mass is 35.5. The topological polar surface area (TPSA) is 49.4 Å². The van der Waals surface area contributed by atoms with Crippen LogP contribution in [-0.4, -0.2) is 29.8 Å². The highest BCUT2D eigenvalue weighted by Crippen LogP contribution is 2.35. The summed E-state index contributed by atoms with van der Waals surface area (Å²) in [6, 6.07) is 13.4. The Balaban J connectivity index is 1.66. The average molecular weight is 405 g/mol. The molecule has 0 radical (unpaired) electrons. The normalized spacial score (nSPS) is 10.8. The molecular formula is C20H18ClFN2O2S. The Bertz CT molecular complexity index is 972. The molecule has 2 aromatic carbocycles. The number of likely N-dealkylation sites (N-methyl/N-ethyl adjacent to an activating group) is 1. The first-order valence-electron chi connectivity index (χ1n) is 8.47. The van der Waals surface area contributed by atoms with Crippen LogP contribution in [0.3, 0.4) is 0 Å². The Hall–Kier alpha value is -2.44. The number of nitrogens with one attached hydrogen (secondary N) is 1.